The molecule has 7 heteroatoms. The molecule has 0 fully saturated rings. The third-order valence-electron chi connectivity index (χ3n) is 0. The Morgan fingerprint density at radius 1 is 1.29 bits per heavy atom. The first kappa shape index (κ1) is 22.5. The molecular weight excluding hydrogens is 204 g/mol. The first-order valence-electron chi connectivity index (χ1n) is 0.612. The van der Waals surface area contributed by atoms with Crippen LogP contribution >= 0.6 is 0 Å². The van der Waals surface area contributed by atoms with Gasteiger partial charge in [-0.25, -0.2) is 0 Å². The van der Waals surface area contributed by atoms with Crippen molar-refractivity contribution in [2.45, 2.75) is 0 Å². The Kier molecular flexibility index (Phi) is 51.3. The Hall–Kier alpha value is 2.88. The van der Waals surface area contributed by atoms with E-state index < -0.39 is 9.17 Å². The van der Waals surface area contributed by atoms with Crippen LogP contribution in [-0.4, -0.2) is 90.1 Å². The van der Waals surface area contributed by atoms with Gasteiger partial charge in [0, 0.05) is 9.17 Å². The molecule has 0 aromatic heterocycles. The Bertz CT molecular complexity index is 37.9. The summed E-state index contributed by atoms with van der Waals surface area (Å²) in [7, 11) is -3.63. The van der Waals surface area contributed by atoms with E-state index in [1.165, 1.54) is 0 Å². The fourth-order valence-electron chi connectivity index (χ4n) is 0. The van der Waals surface area contributed by atoms with Crippen molar-refractivity contribution in [2.24, 2.45) is 0 Å². The predicted octanol–water partition coefficient (Wildman–Crippen LogP) is -4.18. The van der Waals surface area contributed by atoms with E-state index >= 15 is 0 Å². The topological polar surface area (TPSA) is 63.2 Å². The molecule has 0 N–H and O–H groups in total. The van der Waals surface area contributed by atoms with Gasteiger partial charge in [0.05, 0.1) is 0 Å². The number of hydrogen-bond donors (Lipinski definition) is 0. The summed E-state index contributed by atoms with van der Waals surface area (Å²) in [5, 5.41) is 0. The Morgan fingerprint density at radius 2 is 1.29 bits per heavy atom. The summed E-state index contributed by atoms with van der Waals surface area (Å²) in [5.41, 5.74) is 0. The van der Waals surface area contributed by atoms with Gasteiger partial charge < -0.3 is 14.1 Å². The fourth-order valence-corrected chi connectivity index (χ4v) is 0. The summed E-state index contributed by atoms with van der Waals surface area (Å²) in [6, 6.07) is 0. The van der Waals surface area contributed by atoms with Crippen LogP contribution in [0.15, 0.2) is 0 Å². The maximum atomic E-state index is 8.52. The van der Waals surface area contributed by atoms with Gasteiger partial charge in [-0.2, -0.15) is 0 Å². The monoisotopic (exact) mass is 204 g/mol. The number of hydrogen-bond acceptors (Lipinski definition) is 3. The van der Waals surface area contributed by atoms with Gasteiger partial charge in [0.1, 0.15) is 0 Å². The van der Waals surface area contributed by atoms with E-state index in [1.807, 2.05) is 0 Å². The molecule has 0 radical (unpaired) electrons. The van der Waals surface area contributed by atoms with Crippen LogP contribution in [0.5, 0.6) is 0 Å². The summed E-state index contributed by atoms with van der Waals surface area (Å²) < 4.78 is 8.52. The minimum absolute atomic E-state index is 0. The van der Waals surface area contributed by atoms with Crippen LogP contribution in [0.4, 0.5) is 0 Å². The molecule has 7 heavy (non-hydrogen) atoms. The molecule has 28 valence electrons. The van der Waals surface area contributed by atoms with Crippen LogP contribution in [0.3, 0.4) is 0 Å². The predicted molar refractivity (Wildman–Crippen MR) is 20.7 cm³/mol. The van der Waals surface area contributed by atoms with Crippen LogP contribution in [0.2, 0.25) is 0 Å². The second-order valence-electron chi connectivity index (χ2n) is 0.250. The molecule has 0 heterocycles. The van der Waals surface area contributed by atoms with Gasteiger partial charge in [0.25, 0.3) is 0 Å². The molecular formula is H2KNaO3SiZn. The standard InChI is InChI=1S/K.Na.O3Si.Zn.2H/c;;1-4(2)3;;;/q;;-2;+2;;. The van der Waals surface area contributed by atoms with Gasteiger partial charge >= 0.3 is 100 Å². The van der Waals surface area contributed by atoms with Crippen molar-refractivity contribution in [1.29, 1.82) is 0 Å². The molecule has 0 bridgehead atoms. The minimum atomic E-state index is -3.63. The van der Waals surface area contributed by atoms with E-state index in [0.717, 1.165) is 0 Å². The van der Waals surface area contributed by atoms with Crippen molar-refractivity contribution in [1.82, 2.24) is 0 Å². The van der Waals surface area contributed by atoms with E-state index in [2.05, 4.69) is 0 Å². The van der Waals surface area contributed by atoms with E-state index in [1.54, 1.807) is 0 Å². The molecule has 0 aliphatic heterocycles. The van der Waals surface area contributed by atoms with Crippen molar-refractivity contribution in [3.63, 3.8) is 0 Å². The molecule has 0 saturated carbocycles. The summed E-state index contributed by atoms with van der Waals surface area (Å²) in [4.78, 5) is 17.0. The van der Waals surface area contributed by atoms with E-state index in [0.29, 0.717) is 0 Å². The summed E-state index contributed by atoms with van der Waals surface area (Å²) in [6.45, 7) is 0. The van der Waals surface area contributed by atoms with Crippen LogP contribution < -0.4 is 9.59 Å². The molecule has 0 rings (SSSR count). The van der Waals surface area contributed by atoms with Crippen molar-refractivity contribution in [3.8, 4) is 0 Å². The van der Waals surface area contributed by atoms with Crippen molar-refractivity contribution >= 4 is 90.1 Å². The summed E-state index contributed by atoms with van der Waals surface area (Å²) in [5.74, 6) is 0. The first-order valence-corrected chi connectivity index (χ1v) is 1.84. The Balaban J connectivity index is -0.0000000150. The number of rotatable bonds is 0. The maximum absolute atomic E-state index is 8.52. The normalized spacial score (nSPS) is 3.43. The molecule has 0 aromatic rings. The zero-order chi connectivity index (χ0) is 3.58. The molecule has 0 amide bonds. The molecule has 0 aliphatic carbocycles. The molecule has 0 aliphatic rings. The van der Waals surface area contributed by atoms with Gasteiger partial charge in [-0.15, -0.1) is 0 Å². The summed E-state index contributed by atoms with van der Waals surface area (Å²) in [6.07, 6.45) is 0. The first-order chi connectivity index (χ1) is 1.73. The fraction of sp³-hybridized carbons (Fsp3) is 0. The third-order valence-corrected chi connectivity index (χ3v) is 0. The van der Waals surface area contributed by atoms with Gasteiger partial charge in [-0.3, -0.25) is 0 Å². The molecule has 0 saturated heterocycles. The van der Waals surface area contributed by atoms with Crippen LogP contribution in [-0.2, 0) is 23.9 Å². The molecule has 0 spiro atoms. The van der Waals surface area contributed by atoms with Gasteiger partial charge in [-0.05, 0) is 0 Å². The van der Waals surface area contributed by atoms with Crippen LogP contribution in [0.25, 0.3) is 0 Å². The Labute approximate surface area is 121 Å². The minimum Gasteiger partial charge on any atom is 2.00 e. The Morgan fingerprint density at radius 3 is 1.29 bits per heavy atom. The molecule has 3 nitrogen and oxygen atoms in total. The quantitative estimate of drug-likeness (QED) is 0.377. The average Bonchev–Trinajstić information content (AvgIpc) is 0.811. The largest absolute Gasteiger partial charge is 2.00 e. The van der Waals surface area contributed by atoms with E-state index in [9.17, 15) is 0 Å². The van der Waals surface area contributed by atoms with Crippen LogP contribution in [0, 0.1) is 0 Å². The smallest absolute Gasteiger partial charge is 2.00 e. The van der Waals surface area contributed by atoms with Gasteiger partial charge in [-0.1, -0.05) is 0 Å². The van der Waals surface area contributed by atoms with E-state index in [4.69, 9.17) is 14.1 Å². The second kappa shape index (κ2) is 15.9. The maximum Gasteiger partial charge on any atom is 2.00 e. The van der Waals surface area contributed by atoms with Crippen molar-refractivity contribution in [3.05, 3.63) is 0 Å². The van der Waals surface area contributed by atoms with Crippen LogP contribution in [0.1, 0.15) is 0 Å². The second-order valence-corrected chi connectivity index (χ2v) is 0.750. The zero-order valence-electron chi connectivity index (χ0n) is 2.43. The van der Waals surface area contributed by atoms with Gasteiger partial charge in [0.15, 0.2) is 0 Å². The molecule has 0 aromatic carbocycles. The molecule has 0 unspecified atom stereocenters. The van der Waals surface area contributed by atoms with Gasteiger partial charge in [0.2, 0.25) is 0 Å². The zero-order valence-corrected chi connectivity index (χ0v) is 6.40. The van der Waals surface area contributed by atoms with Crippen molar-refractivity contribution in [2.75, 3.05) is 0 Å². The SMILES string of the molecule is O=[Si]([O-])[O-].[KH].[NaH].[Zn+2]. The third kappa shape index (κ3) is 50.7. The van der Waals surface area contributed by atoms with E-state index in [-0.39, 0.29) is 100 Å². The summed E-state index contributed by atoms with van der Waals surface area (Å²) >= 11 is 0. The molecule has 0 atom stereocenters. The average molecular weight is 206 g/mol. The van der Waals surface area contributed by atoms with Crippen molar-refractivity contribution < 1.29 is 33.5 Å².